The summed E-state index contributed by atoms with van der Waals surface area (Å²) in [5.41, 5.74) is 0.614. The number of ether oxygens (including phenoxy) is 1. The van der Waals surface area contributed by atoms with E-state index in [-0.39, 0.29) is 11.8 Å². The molecule has 5 heteroatoms. The van der Waals surface area contributed by atoms with Gasteiger partial charge in [-0.05, 0) is 31.5 Å². The minimum Gasteiger partial charge on any atom is -0.492 e. The predicted molar refractivity (Wildman–Crippen MR) is 86.7 cm³/mol. The Balaban J connectivity index is 2.29. The van der Waals surface area contributed by atoms with Gasteiger partial charge in [0.25, 0.3) is 0 Å². The number of hydrogen-bond acceptors (Lipinski definition) is 3. The van der Waals surface area contributed by atoms with Gasteiger partial charge < -0.3 is 15.4 Å². The molecule has 122 valence electrons. The number of carbonyl (C=O) groups excluding carboxylic acids is 2. The molecule has 0 bridgehead atoms. The molecule has 0 saturated carbocycles. The highest BCUT2D eigenvalue weighted by Crippen LogP contribution is 2.13. The Labute approximate surface area is 132 Å². The number of amides is 2. The summed E-state index contributed by atoms with van der Waals surface area (Å²) in [7, 11) is 0. The van der Waals surface area contributed by atoms with Crippen molar-refractivity contribution >= 4 is 11.8 Å². The largest absolute Gasteiger partial charge is 0.492 e. The van der Waals surface area contributed by atoms with Crippen molar-refractivity contribution in [1.82, 2.24) is 10.6 Å². The molecule has 1 unspecified atom stereocenters. The highest BCUT2D eigenvalue weighted by atomic mass is 16.5. The lowest BCUT2D eigenvalue weighted by atomic mass is 9.95. The topological polar surface area (TPSA) is 67.4 Å². The number of hydrogen-bond donors (Lipinski definition) is 2. The van der Waals surface area contributed by atoms with E-state index in [1.165, 1.54) is 0 Å². The Kier molecular flexibility index (Phi) is 6.40. The minimum atomic E-state index is -0.564. The molecule has 2 N–H and O–H groups in total. The van der Waals surface area contributed by atoms with Crippen molar-refractivity contribution in [2.24, 2.45) is 5.41 Å². The first-order valence-electron chi connectivity index (χ1n) is 7.48. The summed E-state index contributed by atoms with van der Waals surface area (Å²) < 4.78 is 5.55. The van der Waals surface area contributed by atoms with Gasteiger partial charge in [-0.15, -0.1) is 0 Å². The standard InChI is InChI=1S/C17H26N2O3/c1-12-7-6-8-14(11-12)22-10-9-18-15(20)13(2)19-16(21)17(3,4)5/h6-8,11,13H,9-10H2,1-5H3,(H,18,20)(H,19,21). The van der Waals surface area contributed by atoms with Gasteiger partial charge in [-0.3, -0.25) is 9.59 Å². The van der Waals surface area contributed by atoms with E-state index in [2.05, 4.69) is 10.6 Å². The van der Waals surface area contributed by atoms with Crippen LogP contribution >= 0.6 is 0 Å². The molecular formula is C17H26N2O3. The first kappa shape index (κ1) is 18.0. The average Bonchev–Trinajstić information content (AvgIpc) is 2.42. The molecule has 0 aliphatic carbocycles. The van der Waals surface area contributed by atoms with Crippen LogP contribution in [0.5, 0.6) is 5.75 Å². The molecule has 0 spiro atoms. The van der Waals surface area contributed by atoms with Crippen molar-refractivity contribution in [2.45, 2.75) is 40.7 Å². The second-order valence-corrected chi connectivity index (χ2v) is 6.40. The van der Waals surface area contributed by atoms with Gasteiger partial charge in [-0.2, -0.15) is 0 Å². The maximum Gasteiger partial charge on any atom is 0.242 e. The van der Waals surface area contributed by atoms with Gasteiger partial charge in [-0.25, -0.2) is 0 Å². The zero-order valence-electron chi connectivity index (χ0n) is 14.0. The third-order valence-corrected chi connectivity index (χ3v) is 3.08. The molecular weight excluding hydrogens is 280 g/mol. The third kappa shape index (κ3) is 6.16. The summed E-state index contributed by atoms with van der Waals surface area (Å²) in [5, 5.41) is 5.44. The Morgan fingerprint density at radius 1 is 1.27 bits per heavy atom. The van der Waals surface area contributed by atoms with Crippen molar-refractivity contribution in [3.05, 3.63) is 29.8 Å². The second kappa shape index (κ2) is 7.82. The molecule has 1 aromatic carbocycles. The number of benzene rings is 1. The Morgan fingerprint density at radius 2 is 1.95 bits per heavy atom. The lowest BCUT2D eigenvalue weighted by Crippen LogP contribution is -2.48. The maximum absolute atomic E-state index is 11.9. The quantitative estimate of drug-likeness (QED) is 0.790. The van der Waals surface area contributed by atoms with Gasteiger partial charge in [-0.1, -0.05) is 32.9 Å². The molecule has 2 amide bonds. The fourth-order valence-electron chi connectivity index (χ4n) is 1.68. The van der Waals surface area contributed by atoms with E-state index in [0.717, 1.165) is 11.3 Å². The zero-order valence-corrected chi connectivity index (χ0v) is 14.0. The predicted octanol–water partition coefficient (Wildman–Crippen LogP) is 2.04. The Morgan fingerprint density at radius 3 is 2.55 bits per heavy atom. The SMILES string of the molecule is Cc1cccc(OCCNC(=O)C(C)NC(=O)C(C)(C)C)c1. The number of carbonyl (C=O) groups is 2. The van der Waals surface area contributed by atoms with Crippen LogP contribution in [0.1, 0.15) is 33.3 Å². The van der Waals surface area contributed by atoms with E-state index in [4.69, 9.17) is 4.74 Å². The fourth-order valence-corrected chi connectivity index (χ4v) is 1.68. The molecule has 0 aliphatic heterocycles. The van der Waals surface area contributed by atoms with E-state index in [9.17, 15) is 9.59 Å². The van der Waals surface area contributed by atoms with Gasteiger partial charge in [0.1, 0.15) is 18.4 Å². The third-order valence-electron chi connectivity index (χ3n) is 3.08. The van der Waals surface area contributed by atoms with Crippen LogP contribution in [-0.4, -0.2) is 31.0 Å². The molecule has 1 aromatic rings. The lowest BCUT2D eigenvalue weighted by Gasteiger charge is -2.21. The maximum atomic E-state index is 11.9. The van der Waals surface area contributed by atoms with Crippen LogP contribution < -0.4 is 15.4 Å². The zero-order chi connectivity index (χ0) is 16.8. The lowest BCUT2D eigenvalue weighted by molar-refractivity contribution is -0.133. The molecule has 0 saturated heterocycles. The summed E-state index contributed by atoms with van der Waals surface area (Å²) in [5.74, 6) is 0.417. The molecule has 1 atom stereocenters. The Hall–Kier alpha value is -2.04. The van der Waals surface area contributed by atoms with Crippen molar-refractivity contribution in [2.75, 3.05) is 13.2 Å². The monoisotopic (exact) mass is 306 g/mol. The summed E-state index contributed by atoms with van der Waals surface area (Å²) in [6.07, 6.45) is 0. The van der Waals surface area contributed by atoms with Gasteiger partial charge in [0.05, 0.1) is 6.54 Å². The van der Waals surface area contributed by atoms with Crippen molar-refractivity contribution in [3.8, 4) is 5.75 Å². The molecule has 0 heterocycles. The van der Waals surface area contributed by atoms with Gasteiger partial charge in [0, 0.05) is 5.41 Å². The fraction of sp³-hybridized carbons (Fsp3) is 0.529. The van der Waals surface area contributed by atoms with Crippen LogP contribution in [0.3, 0.4) is 0 Å². The minimum absolute atomic E-state index is 0.147. The van der Waals surface area contributed by atoms with Crippen LogP contribution in [0, 0.1) is 12.3 Å². The molecule has 22 heavy (non-hydrogen) atoms. The summed E-state index contributed by atoms with van der Waals surface area (Å²) >= 11 is 0. The van der Waals surface area contributed by atoms with Gasteiger partial charge in [0.2, 0.25) is 11.8 Å². The molecule has 1 rings (SSSR count). The van der Waals surface area contributed by atoms with E-state index >= 15 is 0 Å². The van der Waals surface area contributed by atoms with Crippen LogP contribution in [0.15, 0.2) is 24.3 Å². The van der Waals surface area contributed by atoms with Crippen LogP contribution in [0.4, 0.5) is 0 Å². The summed E-state index contributed by atoms with van der Waals surface area (Å²) in [6.45, 7) is 9.86. The number of rotatable bonds is 6. The normalized spacial score (nSPS) is 12.4. The van der Waals surface area contributed by atoms with Crippen LogP contribution in [0.25, 0.3) is 0 Å². The van der Waals surface area contributed by atoms with E-state index < -0.39 is 11.5 Å². The van der Waals surface area contributed by atoms with Gasteiger partial charge in [0.15, 0.2) is 0 Å². The van der Waals surface area contributed by atoms with E-state index in [0.29, 0.717) is 13.2 Å². The number of aryl methyl sites for hydroxylation is 1. The molecule has 0 radical (unpaired) electrons. The van der Waals surface area contributed by atoms with Crippen LogP contribution in [0.2, 0.25) is 0 Å². The summed E-state index contributed by atoms with van der Waals surface area (Å²) in [6, 6.07) is 7.17. The van der Waals surface area contributed by atoms with E-state index in [1.807, 2.05) is 52.0 Å². The van der Waals surface area contributed by atoms with E-state index in [1.54, 1.807) is 6.92 Å². The van der Waals surface area contributed by atoms with Crippen molar-refractivity contribution < 1.29 is 14.3 Å². The molecule has 5 nitrogen and oxygen atoms in total. The smallest absolute Gasteiger partial charge is 0.242 e. The van der Waals surface area contributed by atoms with Crippen molar-refractivity contribution in [1.29, 1.82) is 0 Å². The van der Waals surface area contributed by atoms with Crippen LogP contribution in [-0.2, 0) is 9.59 Å². The number of nitrogens with one attached hydrogen (secondary N) is 2. The van der Waals surface area contributed by atoms with Crippen molar-refractivity contribution in [3.63, 3.8) is 0 Å². The Bertz CT molecular complexity index is 521. The highest BCUT2D eigenvalue weighted by molar-refractivity contribution is 5.89. The second-order valence-electron chi connectivity index (χ2n) is 6.40. The van der Waals surface area contributed by atoms with Gasteiger partial charge >= 0.3 is 0 Å². The summed E-state index contributed by atoms with van der Waals surface area (Å²) in [4.78, 5) is 23.7. The molecule has 0 aromatic heterocycles. The molecule has 0 aliphatic rings. The first-order valence-corrected chi connectivity index (χ1v) is 7.48. The first-order chi connectivity index (χ1) is 10.2. The molecule has 0 fully saturated rings. The highest BCUT2D eigenvalue weighted by Gasteiger charge is 2.24. The average molecular weight is 306 g/mol.